The van der Waals surface area contributed by atoms with Gasteiger partial charge in [0, 0.05) is 19.0 Å². The van der Waals surface area contributed by atoms with E-state index in [1.807, 2.05) is 39.8 Å². The normalized spacial score (nSPS) is 11.3. The van der Waals surface area contributed by atoms with Gasteiger partial charge in [0.25, 0.3) is 0 Å². The minimum absolute atomic E-state index is 0.0178. The highest BCUT2D eigenvalue weighted by Gasteiger charge is 2.22. The molecule has 0 radical (unpaired) electrons. The van der Waals surface area contributed by atoms with Crippen molar-refractivity contribution in [3.05, 3.63) is 23.3 Å². The summed E-state index contributed by atoms with van der Waals surface area (Å²) in [7, 11) is 3.37. The molecule has 1 rings (SSSR count). The van der Waals surface area contributed by atoms with E-state index in [1.165, 1.54) is 0 Å². The zero-order valence-electron chi connectivity index (χ0n) is 12.7. The van der Waals surface area contributed by atoms with Crippen LogP contribution in [0.2, 0.25) is 0 Å². The molecule has 0 fully saturated rings. The van der Waals surface area contributed by atoms with Crippen molar-refractivity contribution >= 4 is 11.6 Å². The second-order valence-corrected chi connectivity index (χ2v) is 5.75. The molecule has 0 aliphatic rings. The van der Waals surface area contributed by atoms with Crippen LogP contribution in [0.3, 0.4) is 0 Å². The average molecular weight is 264 g/mol. The maximum absolute atomic E-state index is 12.2. The lowest BCUT2D eigenvalue weighted by molar-refractivity contribution is -0.119. The number of nitrogens with zero attached hydrogens (tertiary/aromatic N) is 1. The molecule has 0 saturated carbocycles. The van der Waals surface area contributed by atoms with Gasteiger partial charge in [0.2, 0.25) is 5.91 Å². The third kappa shape index (κ3) is 3.96. The van der Waals surface area contributed by atoms with Gasteiger partial charge < -0.3 is 15.4 Å². The molecule has 0 aromatic heterocycles. The Bertz CT molecular complexity index is 476. The van der Waals surface area contributed by atoms with Crippen molar-refractivity contribution in [1.29, 1.82) is 0 Å². The van der Waals surface area contributed by atoms with Gasteiger partial charge in [0.05, 0.1) is 12.8 Å². The van der Waals surface area contributed by atoms with Crippen LogP contribution in [0, 0.1) is 13.8 Å². The number of amides is 1. The van der Waals surface area contributed by atoms with Gasteiger partial charge in [-0.15, -0.1) is 0 Å². The first-order valence-electron chi connectivity index (χ1n) is 6.36. The van der Waals surface area contributed by atoms with Crippen LogP contribution in [-0.4, -0.2) is 25.6 Å². The number of rotatable bonds is 4. The van der Waals surface area contributed by atoms with Crippen LogP contribution < -0.4 is 15.4 Å². The van der Waals surface area contributed by atoms with E-state index in [0.717, 1.165) is 22.6 Å². The predicted molar refractivity (Wildman–Crippen MR) is 78.8 cm³/mol. The summed E-state index contributed by atoms with van der Waals surface area (Å²) in [6, 6.07) is 3.99. The van der Waals surface area contributed by atoms with Crippen LogP contribution in [0.25, 0.3) is 0 Å². The van der Waals surface area contributed by atoms with Crippen LogP contribution in [0.15, 0.2) is 12.1 Å². The molecule has 2 N–H and O–H groups in total. The van der Waals surface area contributed by atoms with E-state index in [0.29, 0.717) is 6.42 Å². The summed E-state index contributed by atoms with van der Waals surface area (Å²) < 4.78 is 5.41. The summed E-state index contributed by atoms with van der Waals surface area (Å²) in [5.74, 6) is 0.715. The Balaban J connectivity index is 3.12. The highest BCUT2D eigenvalue weighted by molar-refractivity contribution is 5.95. The Morgan fingerprint density at radius 3 is 2.42 bits per heavy atom. The van der Waals surface area contributed by atoms with Crippen molar-refractivity contribution in [2.45, 2.75) is 39.7 Å². The van der Waals surface area contributed by atoms with Crippen molar-refractivity contribution < 1.29 is 9.53 Å². The molecule has 0 saturated heterocycles. The molecule has 4 heteroatoms. The van der Waals surface area contributed by atoms with E-state index in [4.69, 9.17) is 10.5 Å². The molecule has 0 aliphatic heterocycles. The molecule has 0 aliphatic carbocycles. The van der Waals surface area contributed by atoms with Crippen molar-refractivity contribution in [2.75, 3.05) is 19.1 Å². The van der Waals surface area contributed by atoms with Crippen LogP contribution >= 0.6 is 0 Å². The van der Waals surface area contributed by atoms with E-state index in [1.54, 1.807) is 19.1 Å². The van der Waals surface area contributed by atoms with E-state index in [2.05, 4.69) is 0 Å². The van der Waals surface area contributed by atoms with Crippen LogP contribution in [0.5, 0.6) is 5.75 Å². The molecule has 0 atom stereocenters. The van der Waals surface area contributed by atoms with Gasteiger partial charge in [-0.3, -0.25) is 4.79 Å². The summed E-state index contributed by atoms with van der Waals surface area (Å²) in [5, 5.41) is 0. The number of hydrogen-bond acceptors (Lipinski definition) is 3. The SMILES string of the molecule is COc1c(C)cc(C)cc1N(C)C(=O)CC(C)(C)N. The Morgan fingerprint density at radius 1 is 1.37 bits per heavy atom. The van der Waals surface area contributed by atoms with Crippen LogP contribution in [0.1, 0.15) is 31.4 Å². The van der Waals surface area contributed by atoms with Crippen molar-refractivity contribution in [3.8, 4) is 5.75 Å². The fourth-order valence-corrected chi connectivity index (χ4v) is 2.09. The maximum Gasteiger partial charge on any atom is 0.228 e. The molecule has 0 bridgehead atoms. The standard InChI is InChI=1S/C15H24N2O2/c1-10-7-11(2)14(19-6)12(8-10)17(5)13(18)9-15(3,4)16/h7-8H,9,16H2,1-6H3. The van der Waals surface area contributed by atoms with E-state index in [9.17, 15) is 4.79 Å². The average Bonchev–Trinajstić information content (AvgIpc) is 2.24. The second kappa shape index (κ2) is 5.61. The fraction of sp³-hybridized carbons (Fsp3) is 0.533. The van der Waals surface area contributed by atoms with Crippen LogP contribution in [-0.2, 0) is 4.79 Å². The number of carbonyl (C=O) groups is 1. The lowest BCUT2D eigenvalue weighted by Gasteiger charge is -2.25. The number of aryl methyl sites for hydroxylation is 2. The van der Waals surface area contributed by atoms with Gasteiger partial charge in [-0.2, -0.15) is 0 Å². The zero-order valence-corrected chi connectivity index (χ0v) is 12.7. The third-order valence-corrected chi connectivity index (χ3v) is 2.95. The largest absolute Gasteiger partial charge is 0.494 e. The Labute approximate surface area is 115 Å². The van der Waals surface area contributed by atoms with E-state index < -0.39 is 5.54 Å². The molecule has 0 unspecified atom stereocenters. The molecule has 19 heavy (non-hydrogen) atoms. The summed E-state index contributed by atoms with van der Waals surface area (Å²) in [6.45, 7) is 7.66. The number of hydrogen-bond donors (Lipinski definition) is 1. The highest BCUT2D eigenvalue weighted by Crippen LogP contribution is 2.33. The number of methoxy groups -OCH3 is 1. The van der Waals surface area contributed by atoms with Gasteiger partial charge in [-0.1, -0.05) is 6.07 Å². The quantitative estimate of drug-likeness (QED) is 0.908. The number of benzene rings is 1. The summed E-state index contributed by atoms with van der Waals surface area (Å²) in [6.07, 6.45) is 0.291. The maximum atomic E-state index is 12.2. The number of ether oxygens (including phenoxy) is 1. The fourth-order valence-electron chi connectivity index (χ4n) is 2.09. The number of anilines is 1. The first-order valence-corrected chi connectivity index (χ1v) is 6.36. The highest BCUT2D eigenvalue weighted by atomic mass is 16.5. The summed E-state index contributed by atoms with van der Waals surface area (Å²) in [4.78, 5) is 13.9. The van der Waals surface area contributed by atoms with E-state index >= 15 is 0 Å². The Kier molecular flexibility index (Phi) is 4.58. The summed E-state index contributed by atoms with van der Waals surface area (Å²) >= 11 is 0. The number of nitrogens with two attached hydrogens (primary N) is 1. The first kappa shape index (κ1) is 15.5. The predicted octanol–water partition coefficient (Wildman–Crippen LogP) is 2.40. The van der Waals surface area contributed by atoms with Gasteiger partial charge in [-0.25, -0.2) is 0 Å². The monoisotopic (exact) mass is 264 g/mol. The van der Waals surface area contributed by atoms with Crippen molar-refractivity contribution in [2.24, 2.45) is 5.73 Å². The molecule has 4 nitrogen and oxygen atoms in total. The van der Waals surface area contributed by atoms with Gasteiger partial charge in [-0.05, 0) is 44.9 Å². The second-order valence-electron chi connectivity index (χ2n) is 5.75. The minimum Gasteiger partial charge on any atom is -0.494 e. The third-order valence-electron chi connectivity index (χ3n) is 2.95. The molecule has 0 heterocycles. The van der Waals surface area contributed by atoms with Crippen molar-refractivity contribution in [1.82, 2.24) is 0 Å². The smallest absolute Gasteiger partial charge is 0.228 e. The van der Waals surface area contributed by atoms with Crippen LogP contribution in [0.4, 0.5) is 5.69 Å². The topological polar surface area (TPSA) is 55.6 Å². The Morgan fingerprint density at radius 2 is 1.95 bits per heavy atom. The van der Waals surface area contributed by atoms with Crippen molar-refractivity contribution in [3.63, 3.8) is 0 Å². The van der Waals surface area contributed by atoms with Gasteiger partial charge in [0.1, 0.15) is 5.75 Å². The molecule has 1 amide bonds. The molecular formula is C15H24N2O2. The summed E-state index contributed by atoms with van der Waals surface area (Å²) in [5.41, 5.74) is 8.29. The molecule has 106 valence electrons. The molecule has 1 aromatic rings. The van der Waals surface area contributed by atoms with E-state index in [-0.39, 0.29) is 5.91 Å². The minimum atomic E-state index is -0.516. The zero-order chi connectivity index (χ0) is 14.8. The molecule has 1 aromatic carbocycles. The lowest BCUT2D eigenvalue weighted by atomic mass is 10.0. The molecular weight excluding hydrogens is 240 g/mol. The number of carbonyl (C=O) groups excluding carboxylic acids is 1. The Hall–Kier alpha value is -1.55. The van der Waals surface area contributed by atoms with Gasteiger partial charge in [0.15, 0.2) is 0 Å². The first-order chi connectivity index (χ1) is 8.65. The molecule has 0 spiro atoms. The van der Waals surface area contributed by atoms with Gasteiger partial charge >= 0.3 is 0 Å². The lowest BCUT2D eigenvalue weighted by Crippen LogP contribution is -2.40.